The van der Waals surface area contributed by atoms with Crippen molar-refractivity contribution in [1.82, 2.24) is 4.98 Å². The summed E-state index contributed by atoms with van der Waals surface area (Å²) in [6, 6.07) is 10.5. The Kier molecular flexibility index (Phi) is 2.35. The molecule has 2 nitrogen and oxygen atoms in total. The predicted molar refractivity (Wildman–Crippen MR) is 72.1 cm³/mol. The van der Waals surface area contributed by atoms with Gasteiger partial charge in [0.1, 0.15) is 0 Å². The summed E-state index contributed by atoms with van der Waals surface area (Å²) in [5.74, 6) is 0. The molecule has 0 atom stereocenters. The monoisotopic (exact) mass is 263 g/mol. The first-order valence-electron chi connectivity index (χ1n) is 5.06. The lowest BCUT2D eigenvalue weighted by Crippen LogP contribution is -2.04. The third-order valence-electron chi connectivity index (χ3n) is 2.74. The van der Waals surface area contributed by atoms with Crippen LogP contribution in [0.4, 0.5) is 0 Å². The molecule has 0 aliphatic rings. The molecule has 0 fully saturated rings. The smallest absolute Gasteiger partial charge is 0.198 e. The second-order valence-electron chi connectivity index (χ2n) is 3.81. The Balaban J connectivity index is 2.62. The fourth-order valence-electron chi connectivity index (χ4n) is 1.96. The molecule has 0 aliphatic heterocycles. The molecule has 0 radical (unpaired) electrons. The van der Waals surface area contributed by atoms with Gasteiger partial charge in [-0.2, -0.15) is 0 Å². The van der Waals surface area contributed by atoms with Crippen molar-refractivity contribution in [1.29, 1.82) is 0 Å². The molecule has 3 aromatic rings. The van der Waals surface area contributed by atoms with Gasteiger partial charge in [0.15, 0.2) is 5.43 Å². The fourth-order valence-corrected chi connectivity index (χ4v) is 2.39. The van der Waals surface area contributed by atoms with E-state index in [0.29, 0.717) is 20.8 Å². The number of halogens is 2. The predicted octanol–water partition coefficient (Wildman–Crippen LogP) is 3.99. The molecule has 0 saturated heterocycles. The van der Waals surface area contributed by atoms with Crippen molar-refractivity contribution in [2.24, 2.45) is 0 Å². The minimum Gasteiger partial charge on any atom is -0.354 e. The Bertz CT molecular complexity index is 792. The summed E-state index contributed by atoms with van der Waals surface area (Å²) in [6.45, 7) is 0. The van der Waals surface area contributed by atoms with Gasteiger partial charge in [-0.1, -0.05) is 29.3 Å². The minimum absolute atomic E-state index is 0.0731. The van der Waals surface area contributed by atoms with E-state index in [1.165, 1.54) is 0 Å². The Morgan fingerprint density at radius 2 is 1.82 bits per heavy atom. The number of H-pyrrole nitrogens is 1. The SMILES string of the molecule is O=c1c2ccc(Cl)cc2[nH]c2cccc(Cl)c12. The molecule has 1 N–H and O–H groups in total. The van der Waals surface area contributed by atoms with Gasteiger partial charge in [-0.05, 0) is 30.3 Å². The molecule has 0 unspecified atom stereocenters. The molecule has 0 spiro atoms. The zero-order valence-corrected chi connectivity index (χ0v) is 10.1. The van der Waals surface area contributed by atoms with Gasteiger partial charge in [0.05, 0.1) is 21.4 Å². The second kappa shape index (κ2) is 3.76. The molecule has 4 heteroatoms. The zero-order valence-electron chi connectivity index (χ0n) is 8.63. The number of rotatable bonds is 0. The Hall–Kier alpha value is -1.51. The minimum atomic E-state index is -0.0731. The maximum Gasteiger partial charge on any atom is 0.198 e. The Morgan fingerprint density at radius 1 is 1.00 bits per heavy atom. The molecule has 1 aromatic heterocycles. The number of hydrogen-bond donors (Lipinski definition) is 1. The van der Waals surface area contributed by atoms with Crippen molar-refractivity contribution >= 4 is 45.0 Å². The molecule has 0 bridgehead atoms. The van der Waals surface area contributed by atoms with Crippen LogP contribution < -0.4 is 5.43 Å². The van der Waals surface area contributed by atoms with Crippen molar-refractivity contribution < 1.29 is 0 Å². The largest absolute Gasteiger partial charge is 0.354 e. The molecule has 0 amide bonds. The third kappa shape index (κ3) is 1.61. The first kappa shape index (κ1) is 10.6. The first-order chi connectivity index (χ1) is 8.16. The average molecular weight is 264 g/mol. The summed E-state index contributed by atoms with van der Waals surface area (Å²) in [7, 11) is 0. The van der Waals surface area contributed by atoms with Gasteiger partial charge < -0.3 is 4.98 Å². The normalized spacial score (nSPS) is 11.2. The Labute approximate surface area is 107 Å². The first-order valence-corrected chi connectivity index (χ1v) is 5.82. The second-order valence-corrected chi connectivity index (χ2v) is 4.65. The van der Waals surface area contributed by atoms with Crippen LogP contribution >= 0.6 is 23.2 Å². The van der Waals surface area contributed by atoms with Crippen molar-refractivity contribution in [2.75, 3.05) is 0 Å². The topological polar surface area (TPSA) is 32.9 Å². The van der Waals surface area contributed by atoms with Crippen molar-refractivity contribution in [2.45, 2.75) is 0 Å². The summed E-state index contributed by atoms with van der Waals surface area (Å²) in [5, 5.41) is 2.16. The van der Waals surface area contributed by atoms with Crippen LogP contribution in [0, 0.1) is 0 Å². The van der Waals surface area contributed by atoms with E-state index in [9.17, 15) is 4.79 Å². The summed E-state index contributed by atoms with van der Waals surface area (Å²) in [5.41, 5.74) is 1.37. The van der Waals surface area contributed by atoms with E-state index in [4.69, 9.17) is 23.2 Å². The summed E-state index contributed by atoms with van der Waals surface area (Å²) in [4.78, 5) is 15.4. The number of aromatic amines is 1. The molecule has 2 aromatic carbocycles. The molecule has 0 aliphatic carbocycles. The number of pyridine rings is 1. The number of nitrogens with one attached hydrogen (secondary N) is 1. The maximum absolute atomic E-state index is 12.3. The highest BCUT2D eigenvalue weighted by Crippen LogP contribution is 2.23. The average Bonchev–Trinajstić information content (AvgIpc) is 2.28. The van der Waals surface area contributed by atoms with Crippen LogP contribution in [0.25, 0.3) is 21.8 Å². The van der Waals surface area contributed by atoms with Crippen molar-refractivity contribution in [3.63, 3.8) is 0 Å². The van der Waals surface area contributed by atoms with Crippen LogP contribution in [-0.2, 0) is 0 Å². The molecule has 1 heterocycles. The van der Waals surface area contributed by atoms with Crippen LogP contribution in [-0.4, -0.2) is 4.98 Å². The van der Waals surface area contributed by atoms with Gasteiger partial charge in [-0.3, -0.25) is 4.79 Å². The van der Waals surface area contributed by atoms with Gasteiger partial charge in [0.2, 0.25) is 0 Å². The van der Waals surface area contributed by atoms with E-state index in [0.717, 1.165) is 11.0 Å². The van der Waals surface area contributed by atoms with E-state index in [-0.39, 0.29) is 5.43 Å². The standard InChI is InChI=1S/C13H7Cl2NO/c14-7-4-5-8-11(6-7)16-10-3-1-2-9(15)12(10)13(8)17/h1-6H,(H,16,17). The number of benzene rings is 2. The Morgan fingerprint density at radius 3 is 2.65 bits per heavy atom. The van der Waals surface area contributed by atoms with Gasteiger partial charge in [0.25, 0.3) is 0 Å². The van der Waals surface area contributed by atoms with Crippen LogP contribution in [0.1, 0.15) is 0 Å². The summed E-state index contributed by atoms with van der Waals surface area (Å²) >= 11 is 12.0. The van der Waals surface area contributed by atoms with E-state index in [2.05, 4.69) is 4.98 Å². The number of fused-ring (bicyclic) bond motifs is 2. The lowest BCUT2D eigenvalue weighted by molar-refractivity contribution is 1.48. The fraction of sp³-hybridized carbons (Fsp3) is 0. The quantitative estimate of drug-likeness (QED) is 0.612. The number of hydrogen-bond acceptors (Lipinski definition) is 1. The summed E-state index contributed by atoms with van der Waals surface area (Å²) < 4.78 is 0. The highest BCUT2D eigenvalue weighted by molar-refractivity contribution is 6.35. The number of aromatic nitrogens is 1. The molecular weight excluding hydrogens is 257 g/mol. The summed E-state index contributed by atoms with van der Waals surface area (Å²) in [6.07, 6.45) is 0. The van der Waals surface area contributed by atoms with Crippen molar-refractivity contribution in [3.8, 4) is 0 Å². The van der Waals surface area contributed by atoms with Crippen LogP contribution in [0.3, 0.4) is 0 Å². The van der Waals surface area contributed by atoms with E-state index in [1.54, 1.807) is 30.3 Å². The molecule has 84 valence electrons. The van der Waals surface area contributed by atoms with Gasteiger partial charge in [0, 0.05) is 10.4 Å². The lowest BCUT2D eigenvalue weighted by atomic mass is 10.1. The maximum atomic E-state index is 12.3. The van der Waals surface area contributed by atoms with E-state index >= 15 is 0 Å². The molecule has 0 saturated carbocycles. The molecule has 17 heavy (non-hydrogen) atoms. The van der Waals surface area contributed by atoms with Gasteiger partial charge in [-0.25, -0.2) is 0 Å². The van der Waals surface area contributed by atoms with Crippen LogP contribution in [0.5, 0.6) is 0 Å². The molecular formula is C13H7Cl2NO. The highest BCUT2D eigenvalue weighted by atomic mass is 35.5. The highest BCUT2D eigenvalue weighted by Gasteiger charge is 2.08. The third-order valence-corrected chi connectivity index (χ3v) is 3.29. The van der Waals surface area contributed by atoms with E-state index in [1.807, 2.05) is 6.07 Å². The van der Waals surface area contributed by atoms with Gasteiger partial charge in [-0.15, -0.1) is 0 Å². The van der Waals surface area contributed by atoms with Crippen molar-refractivity contribution in [3.05, 3.63) is 56.7 Å². The zero-order chi connectivity index (χ0) is 12.0. The lowest BCUT2D eigenvalue weighted by Gasteiger charge is -2.04. The molecule has 3 rings (SSSR count). The van der Waals surface area contributed by atoms with E-state index < -0.39 is 0 Å². The van der Waals surface area contributed by atoms with Crippen LogP contribution in [0.15, 0.2) is 41.2 Å². The van der Waals surface area contributed by atoms with Gasteiger partial charge >= 0.3 is 0 Å². The van der Waals surface area contributed by atoms with Crippen LogP contribution in [0.2, 0.25) is 10.0 Å².